The Bertz CT molecular complexity index is 930. The number of nitrogen functional groups attached to an aromatic ring is 1. The van der Waals surface area contributed by atoms with Gasteiger partial charge in [-0.05, 0) is 26.0 Å². The van der Waals surface area contributed by atoms with Crippen molar-refractivity contribution in [3.8, 4) is 0 Å². The molecule has 0 aliphatic carbocycles. The Labute approximate surface area is 161 Å². The third-order valence-corrected chi connectivity index (χ3v) is 4.52. The van der Waals surface area contributed by atoms with Crippen LogP contribution in [0.2, 0.25) is 0 Å². The average molecular weight is 393 g/mol. The maximum absolute atomic E-state index is 13.7. The lowest BCUT2D eigenvalue weighted by Crippen LogP contribution is -2.27. The van der Waals surface area contributed by atoms with Gasteiger partial charge >= 0.3 is 0 Å². The number of aryl methyl sites for hydroxylation is 1. The molecule has 27 heavy (non-hydrogen) atoms. The van der Waals surface area contributed by atoms with Crippen LogP contribution in [0.3, 0.4) is 0 Å². The topological polar surface area (TPSA) is 64.3 Å². The molecule has 0 spiro atoms. The van der Waals surface area contributed by atoms with Gasteiger partial charge in [0.05, 0.1) is 11.6 Å². The molecule has 2 heterocycles. The standard InChI is InChI=1S/C19H19ClF2N4O/c1-11-5-18(27-10-13-3-4-15(21)6-17(13)22)16(20)9-26(11)8-14-7-24-12(2)25-19(14)23/h3-7H,8-10H2,1-2H3,(H2,23,24,25). The van der Waals surface area contributed by atoms with Crippen molar-refractivity contribution < 1.29 is 13.5 Å². The summed E-state index contributed by atoms with van der Waals surface area (Å²) in [5.74, 6) is 0.229. The summed E-state index contributed by atoms with van der Waals surface area (Å²) in [5.41, 5.74) is 7.92. The van der Waals surface area contributed by atoms with Gasteiger partial charge in [-0.1, -0.05) is 11.6 Å². The Hall–Kier alpha value is -2.67. The van der Waals surface area contributed by atoms with Crippen molar-refractivity contribution in [1.82, 2.24) is 14.9 Å². The Morgan fingerprint density at radius 2 is 2.04 bits per heavy atom. The zero-order valence-electron chi connectivity index (χ0n) is 15.0. The van der Waals surface area contributed by atoms with E-state index in [1.807, 2.05) is 11.8 Å². The normalized spacial score (nSPS) is 14.4. The zero-order valence-corrected chi connectivity index (χ0v) is 15.7. The van der Waals surface area contributed by atoms with Crippen molar-refractivity contribution in [2.75, 3.05) is 12.3 Å². The van der Waals surface area contributed by atoms with Gasteiger partial charge in [-0.3, -0.25) is 0 Å². The summed E-state index contributed by atoms with van der Waals surface area (Å²) in [6, 6.07) is 3.37. The van der Waals surface area contributed by atoms with Crippen LogP contribution < -0.4 is 5.73 Å². The number of benzene rings is 1. The predicted molar refractivity (Wildman–Crippen MR) is 99.4 cm³/mol. The minimum Gasteiger partial charge on any atom is -0.487 e. The molecule has 0 radical (unpaired) electrons. The largest absolute Gasteiger partial charge is 0.487 e. The van der Waals surface area contributed by atoms with Gasteiger partial charge in [0.25, 0.3) is 0 Å². The molecule has 2 aromatic rings. The number of anilines is 1. The first-order valence-corrected chi connectivity index (χ1v) is 8.68. The van der Waals surface area contributed by atoms with Crippen molar-refractivity contribution >= 4 is 17.4 Å². The van der Waals surface area contributed by atoms with Gasteiger partial charge in [0.15, 0.2) is 0 Å². The van der Waals surface area contributed by atoms with Crippen LogP contribution in [0, 0.1) is 18.6 Å². The first kappa shape index (κ1) is 19.1. The van der Waals surface area contributed by atoms with Gasteiger partial charge in [0, 0.05) is 41.7 Å². The molecule has 1 aromatic heterocycles. The number of allylic oxidation sites excluding steroid dienone is 2. The molecule has 2 N–H and O–H groups in total. The van der Waals surface area contributed by atoms with E-state index in [1.165, 1.54) is 12.1 Å². The van der Waals surface area contributed by atoms with Gasteiger partial charge in [0.2, 0.25) is 0 Å². The molecule has 0 unspecified atom stereocenters. The van der Waals surface area contributed by atoms with Crippen LogP contribution in [-0.2, 0) is 17.9 Å². The molecule has 0 atom stereocenters. The third-order valence-electron chi connectivity index (χ3n) is 4.21. The number of nitrogens with two attached hydrogens (primary N) is 1. The van der Waals surface area contributed by atoms with E-state index in [0.29, 0.717) is 35.5 Å². The molecule has 0 saturated heterocycles. The second-order valence-corrected chi connectivity index (χ2v) is 6.72. The fourth-order valence-electron chi connectivity index (χ4n) is 2.66. The number of hydrogen-bond acceptors (Lipinski definition) is 5. The van der Waals surface area contributed by atoms with Crippen LogP contribution in [0.5, 0.6) is 0 Å². The molecule has 0 amide bonds. The van der Waals surface area contributed by atoms with Crippen LogP contribution >= 0.6 is 11.6 Å². The third kappa shape index (κ3) is 4.54. The van der Waals surface area contributed by atoms with Crippen molar-refractivity contribution in [2.45, 2.75) is 27.0 Å². The summed E-state index contributed by atoms with van der Waals surface area (Å²) in [7, 11) is 0. The lowest BCUT2D eigenvalue weighted by molar-refractivity contribution is 0.197. The van der Waals surface area contributed by atoms with Crippen molar-refractivity contribution in [3.05, 3.63) is 75.5 Å². The SMILES string of the molecule is CC1=CC(OCc2ccc(F)cc2F)=C(Cl)CN1Cc1cnc(C)nc1N. The molecule has 8 heteroatoms. The van der Waals surface area contributed by atoms with Crippen LogP contribution in [0.15, 0.2) is 47.0 Å². The van der Waals surface area contributed by atoms with E-state index in [2.05, 4.69) is 9.97 Å². The molecule has 1 aromatic carbocycles. The smallest absolute Gasteiger partial charge is 0.137 e. The van der Waals surface area contributed by atoms with Crippen molar-refractivity contribution in [3.63, 3.8) is 0 Å². The quantitative estimate of drug-likeness (QED) is 0.832. The number of rotatable bonds is 5. The summed E-state index contributed by atoms with van der Waals surface area (Å²) < 4.78 is 32.4. The summed E-state index contributed by atoms with van der Waals surface area (Å²) in [4.78, 5) is 10.3. The van der Waals surface area contributed by atoms with E-state index < -0.39 is 11.6 Å². The van der Waals surface area contributed by atoms with E-state index in [9.17, 15) is 8.78 Å². The van der Waals surface area contributed by atoms with Crippen LogP contribution in [0.25, 0.3) is 0 Å². The minimum atomic E-state index is -0.653. The highest BCUT2D eigenvalue weighted by Crippen LogP contribution is 2.27. The molecule has 1 aliphatic heterocycles. The maximum Gasteiger partial charge on any atom is 0.137 e. The number of hydrogen-bond donors (Lipinski definition) is 1. The molecule has 142 valence electrons. The van der Waals surface area contributed by atoms with E-state index >= 15 is 0 Å². The van der Waals surface area contributed by atoms with Gasteiger partial charge in [0.1, 0.15) is 35.6 Å². The first-order valence-electron chi connectivity index (χ1n) is 8.30. The molecule has 0 saturated carbocycles. The summed E-state index contributed by atoms with van der Waals surface area (Å²) in [6.45, 7) is 4.57. The van der Waals surface area contributed by atoms with E-state index in [0.717, 1.165) is 17.3 Å². The highest BCUT2D eigenvalue weighted by atomic mass is 35.5. The Kier molecular flexibility index (Phi) is 5.60. The molecular weight excluding hydrogens is 374 g/mol. The first-order chi connectivity index (χ1) is 12.8. The number of ether oxygens (including phenoxy) is 1. The van der Waals surface area contributed by atoms with Crippen LogP contribution in [-0.4, -0.2) is 21.4 Å². The minimum absolute atomic E-state index is 0.0415. The predicted octanol–water partition coefficient (Wildman–Crippen LogP) is 4.03. The highest BCUT2D eigenvalue weighted by molar-refractivity contribution is 6.30. The number of aromatic nitrogens is 2. The second kappa shape index (κ2) is 7.92. The van der Waals surface area contributed by atoms with Gasteiger partial charge < -0.3 is 15.4 Å². The molecule has 3 rings (SSSR count). The Morgan fingerprint density at radius 3 is 2.74 bits per heavy atom. The van der Waals surface area contributed by atoms with Gasteiger partial charge in [-0.15, -0.1) is 0 Å². The van der Waals surface area contributed by atoms with Crippen LogP contribution in [0.1, 0.15) is 23.9 Å². The molecule has 5 nitrogen and oxygen atoms in total. The second-order valence-electron chi connectivity index (χ2n) is 6.26. The monoisotopic (exact) mass is 392 g/mol. The highest BCUT2D eigenvalue weighted by Gasteiger charge is 2.19. The van der Waals surface area contributed by atoms with Crippen molar-refractivity contribution in [1.29, 1.82) is 0 Å². The number of halogens is 3. The number of nitrogens with zero attached hydrogens (tertiary/aromatic N) is 3. The maximum atomic E-state index is 13.7. The van der Waals surface area contributed by atoms with Gasteiger partial charge in [-0.2, -0.15) is 0 Å². The molecule has 0 bridgehead atoms. The summed E-state index contributed by atoms with van der Waals surface area (Å²) in [5, 5.41) is 0.481. The van der Waals surface area contributed by atoms with Crippen molar-refractivity contribution in [2.24, 2.45) is 0 Å². The lowest BCUT2D eigenvalue weighted by Gasteiger charge is -2.30. The van der Waals surface area contributed by atoms with Crippen LogP contribution in [0.4, 0.5) is 14.6 Å². The lowest BCUT2D eigenvalue weighted by atomic mass is 10.2. The fourth-order valence-corrected chi connectivity index (χ4v) is 2.92. The van der Waals surface area contributed by atoms with Gasteiger partial charge in [-0.25, -0.2) is 18.7 Å². The Balaban J connectivity index is 1.68. The van der Waals surface area contributed by atoms with E-state index in [-0.39, 0.29) is 12.2 Å². The summed E-state index contributed by atoms with van der Waals surface area (Å²) in [6.07, 6.45) is 3.48. The molecule has 1 aliphatic rings. The Morgan fingerprint density at radius 1 is 1.26 bits per heavy atom. The van der Waals surface area contributed by atoms with E-state index in [1.54, 1.807) is 19.2 Å². The average Bonchev–Trinajstić information content (AvgIpc) is 2.60. The fraction of sp³-hybridized carbons (Fsp3) is 0.263. The molecular formula is C19H19ClF2N4O. The zero-order chi connectivity index (χ0) is 19.6. The van der Waals surface area contributed by atoms with E-state index in [4.69, 9.17) is 22.1 Å². The molecule has 0 fully saturated rings. The summed E-state index contributed by atoms with van der Waals surface area (Å²) >= 11 is 6.36.